The molecule has 0 saturated heterocycles. The monoisotopic (exact) mass is 295 g/mol. The highest BCUT2D eigenvalue weighted by Crippen LogP contribution is 2.18. The molecule has 0 fully saturated rings. The average Bonchev–Trinajstić information content (AvgIpc) is 2.74. The SMILES string of the molecule is C=C(CC(=O)OCC)C[C@H](O)/C(C)=C/c1csc(C)n1. The Labute approximate surface area is 123 Å². The van der Waals surface area contributed by atoms with E-state index in [1.54, 1.807) is 18.3 Å². The quantitative estimate of drug-likeness (QED) is 0.620. The third-order valence-electron chi connectivity index (χ3n) is 2.72. The van der Waals surface area contributed by atoms with E-state index in [1.165, 1.54) is 0 Å². The van der Waals surface area contributed by atoms with E-state index in [-0.39, 0.29) is 12.4 Å². The van der Waals surface area contributed by atoms with Crippen molar-refractivity contribution in [2.75, 3.05) is 6.61 Å². The maximum Gasteiger partial charge on any atom is 0.309 e. The summed E-state index contributed by atoms with van der Waals surface area (Å²) in [4.78, 5) is 15.6. The van der Waals surface area contributed by atoms with E-state index in [1.807, 2.05) is 25.3 Å². The number of rotatable bonds is 7. The summed E-state index contributed by atoms with van der Waals surface area (Å²) >= 11 is 1.57. The highest BCUT2D eigenvalue weighted by atomic mass is 32.1. The van der Waals surface area contributed by atoms with E-state index in [0.29, 0.717) is 18.6 Å². The van der Waals surface area contributed by atoms with E-state index < -0.39 is 6.10 Å². The van der Waals surface area contributed by atoms with Gasteiger partial charge in [0.05, 0.1) is 29.8 Å². The molecule has 0 aliphatic carbocycles. The van der Waals surface area contributed by atoms with Gasteiger partial charge in [0.2, 0.25) is 0 Å². The number of esters is 1. The maximum atomic E-state index is 11.3. The highest BCUT2D eigenvalue weighted by molar-refractivity contribution is 7.09. The van der Waals surface area contributed by atoms with E-state index in [0.717, 1.165) is 16.3 Å². The minimum Gasteiger partial charge on any atom is -0.466 e. The van der Waals surface area contributed by atoms with Gasteiger partial charge in [0.25, 0.3) is 0 Å². The van der Waals surface area contributed by atoms with Crippen LogP contribution in [-0.2, 0) is 9.53 Å². The molecular weight excluding hydrogens is 274 g/mol. The molecule has 1 heterocycles. The molecule has 0 aliphatic heterocycles. The summed E-state index contributed by atoms with van der Waals surface area (Å²) in [7, 11) is 0. The first-order valence-corrected chi connectivity index (χ1v) is 7.41. The van der Waals surface area contributed by atoms with Crippen molar-refractivity contribution in [1.82, 2.24) is 4.98 Å². The van der Waals surface area contributed by atoms with Crippen molar-refractivity contribution in [1.29, 1.82) is 0 Å². The first kappa shape index (κ1) is 16.6. The van der Waals surface area contributed by atoms with Crippen molar-refractivity contribution < 1.29 is 14.6 Å². The smallest absolute Gasteiger partial charge is 0.309 e. The lowest BCUT2D eigenvalue weighted by Crippen LogP contribution is -2.12. The van der Waals surface area contributed by atoms with Crippen molar-refractivity contribution in [2.24, 2.45) is 0 Å². The molecule has 0 spiro atoms. The van der Waals surface area contributed by atoms with Gasteiger partial charge in [0.1, 0.15) is 0 Å². The van der Waals surface area contributed by atoms with Crippen LogP contribution in [0.4, 0.5) is 0 Å². The Balaban J connectivity index is 2.53. The number of thiazole rings is 1. The number of carbonyl (C=O) groups is 1. The van der Waals surface area contributed by atoms with Crippen LogP contribution in [0.1, 0.15) is 37.4 Å². The predicted molar refractivity (Wildman–Crippen MR) is 81.5 cm³/mol. The van der Waals surface area contributed by atoms with Gasteiger partial charge in [-0.3, -0.25) is 4.79 Å². The van der Waals surface area contributed by atoms with Crippen molar-refractivity contribution in [3.63, 3.8) is 0 Å². The minimum atomic E-state index is -0.654. The van der Waals surface area contributed by atoms with Crippen molar-refractivity contribution in [2.45, 2.75) is 39.7 Å². The summed E-state index contributed by atoms with van der Waals surface area (Å²) in [6.45, 7) is 9.71. The number of ether oxygens (including phenoxy) is 1. The Bertz CT molecular complexity index is 505. The number of aliphatic hydroxyl groups excluding tert-OH is 1. The summed E-state index contributed by atoms with van der Waals surface area (Å²) in [5.41, 5.74) is 2.32. The fraction of sp³-hybridized carbons (Fsp3) is 0.467. The van der Waals surface area contributed by atoms with Gasteiger partial charge in [-0.1, -0.05) is 12.2 Å². The summed E-state index contributed by atoms with van der Waals surface area (Å²) in [5, 5.41) is 13.0. The number of hydrogen-bond donors (Lipinski definition) is 1. The lowest BCUT2D eigenvalue weighted by Gasteiger charge is -2.12. The average molecular weight is 295 g/mol. The van der Waals surface area contributed by atoms with E-state index >= 15 is 0 Å². The Hall–Kier alpha value is -1.46. The second-order valence-electron chi connectivity index (χ2n) is 4.63. The molecule has 1 aromatic rings. The van der Waals surface area contributed by atoms with Crippen molar-refractivity contribution >= 4 is 23.4 Å². The molecule has 110 valence electrons. The number of carbonyl (C=O) groups excluding carboxylic acids is 1. The van der Waals surface area contributed by atoms with E-state index in [2.05, 4.69) is 11.6 Å². The lowest BCUT2D eigenvalue weighted by molar-refractivity contribution is -0.142. The number of nitrogens with zero attached hydrogens (tertiary/aromatic N) is 1. The maximum absolute atomic E-state index is 11.3. The first-order chi connectivity index (χ1) is 9.42. The summed E-state index contributed by atoms with van der Waals surface area (Å²) < 4.78 is 4.85. The molecule has 1 N–H and O–H groups in total. The van der Waals surface area contributed by atoms with Crippen LogP contribution in [0.3, 0.4) is 0 Å². The molecule has 0 radical (unpaired) electrons. The Morgan fingerprint density at radius 2 is 2.35 bits per heavy atom. The molecule has 20 heavy (non-hydrogen) atoms. The molecular formula is C15H21NO3S. The summed E-state index contributed by atoms with van der Waals surface area (Å²) in [6, 6.07) is 0. The normalized spacial score (nSPS) is 13.1. The van der Waals surface area contributed by atoms with Crippen LogP contribution in [0, 0.1) is 6.92 Å². The number of hydrogen-bond acceptors (Lipinski definition) is 5. The largest absolute Gasteiger partial charge is 0.466 e. The molecule has 0 bridgehead atoms. The summed E-state index contributed by atoms with van der Waals surface area (Å²) in [6.07, 6.45) is 1.70. The lowest BCUT2D eigenvalue weighted by atomic mass is 10.0. The summed E-state index contributed by atoms with van der Waals surface area (Å²) in [5.74, 6) is -0.304. The molecule has 0 saturated carbocycles. The molecule has 1 atom stereocenters. The van der Waals surface area contributed by atoms with Gasteiger partial charge < -0.3 is 9.84 Å². The van der Waals surface area contributed by atoms with Crippen LogP contribution in [0.15, 0.2) is 23.1 Å². The third-order valence-corrected chi connectivity index (χ3v) is 3.51. The molecule has 0 unspecified atom stereocenters. The van der Waals surface area contributed by atoms with Gasteiger partial charge in [-0.15, -0.1) is 11.3 Å². The van der Waals surface area contributed by atoms with Gasteiger partial charge >= 0.3 is 5.97 Å². The van der Waals surface area contributed by atoms with E-state index in [9.17, 15) is 9.90 Å². The highest BCUT2D eigenvalue weighted by Gasteiger charge is 2.12. The molecule has 0 amide bonds. The molecule has 1 aromatic heterocycles. The molecule has 1 rings (SSSR count). The zero-order valence-electron chi connectivity index (χ0n) is 12.2. The number of aryl methyl sites for hydroxylation is 1. The Kier molecular flexibility index (Phi) is 6.61. The fourth-order valence-electron chi connectivity index (χ4n) is 1.70. The molecule has 0 aromatic carbocycles. The van der Waals surface area contributed by atoms with Gasteiger partial charge in [-0.2, -0.15) is 0 Å². The van der Waals surface area contributed by atoms with Crippen LogP contribution in [0.25, 0.3) is 6.08 Å². The van der Waals surface area contributed by atoms with Crippen molar-refractivity contribution in [3.05, 3.63) is 33.8 Å². The van der Waals surface area contributed by atoms with Crippen LogP contribution in [0.5, 0.6) is 0 Å². The van der Waals surface area contributed by atoms with Crippen LogP contribution in [0.2, 0.25) is 0 Å². The first-order valence-electron chi connectivity index (χ1n) is 6.53. The van der Waals surface area contributed by atoms with Crippen LogP contribution in [-0.4, -0.2) is 28.8 Å². The van der Waals surface area contributed by atoms with Crippen LogP contribution < -0.4 is 0 Å². The second kappa shape index (κ2) is 7.97. The van der Waals surface area contributed by atoms with Gasteiger partial charge in [-0.25, -0.2) is 4.98 Å². The zero-order chi connectivity index (χ0) is 15.1. The van der Waals surface area contributed by atoms with Crippen LogP contribution >= 0.6 is 11.3 Å². The van der Waals surface area contributed by atoms with Gasteiger partial charge in [0.15, 0.2) is 0 Å². The predicted octanol–water partition coefficient (Wildman–Crippen LogP) is 3.12. The van der Waals surface area contributed by atoms with Gasteiger partial charge in [-0.05, 0) is 38.8 Å². The molecule has 4 nitrogen and oxygen atoms in total. The number of aromatic nitrogens is 1. The zero-order valence-corrected chi connectivity index (χ0v) is 13.0. The van der Waals surface area contributed by atoms with E-state index in [4.69, 9.17) is 4.74 Å². The fourth-order valence-corrected chi connectivity index (χ4v) is 2.27. The third kappa shape index (κ3) is 5.67. The van der Waals surface area contributed by atoms with Gasteiger partial charge in [0, 0.05) is 5.38 Å². The second-order valence-corrected chi connectivity index (χ2v) is 5.69. The topological polar surface area (TPSA) is 59.4 Å². The Morgan fingerprint density at radius 3 is 2.90 bits per heavy atom. The molecule has 0 aliphatic rings. The molecule has 5 heteroatoms. The Morgan fingerprint density at radius 1 is 1.65 bits per heavy atom. The minimum absolute atomic E-state index is 0.147. The standard InChI is InChI=1S/C15H21NO3S/c1-5-19-15(18)7-10(2)6-14(17)11(3)8-13-9-20-12(4)16-13/h8-9,14,17H,2,5-7H2,1,3-4H3/b11-8+/t14-/m0/s1. The number of aliphatic hydroxyl groups is 1. The van der Waals surface area contributed by atoms with Crippen molar-refractivity contribution in [3.8, 4) is 0 Å².